The Bertz CT molecular complexity index is 619. The molecule has 114 valence electrons. The first kappa shape index (κ1) is 15.5. The van der Waals surface area contributed by atoms with Crippen molar-refractivity contribution >= 4 is 11.6 Å². The van der Waals surface area contributed by atoms with Crippen LogP contribution in [-0.2, 0) is 16.1 Å². The van der Waals surface area contributed by atoms with Crippen LogP contribution in [0.15, 0.2) is 24.5 Å². The maximum atomic E-state index is 11.7. The van der Waals surface area contributed by atoms with Gasteiger partial charge in [-0.05, 0) is 39.3 Å². The van der Waals surface area contributed by atoms with Crippen molar-refractivity contribution < 1.29 is 9.53 Å². The van der Waals surface area contributed by atoms with Gasteiger partial charge in [0.1, 0.15) is 5.65 Å². The molecule has 0 aliphatic heterocycles. The first-order valence-electron chi connectivity index (χ1n) is 7.33. The van der Waals surface area contributed by atoms with Gasteiger partial charge in [-0.15, -0.1) is 0 Å². The minimum absolute atomic E-state index is 0.189. The molecule has 0 amide bonds. The maximum Gasteiger partial charge on any atom is 0.320 e. The molecule has 0 N–H and O–H groups in total. The van der Waals surface area contributed by atoms with Crippen LogP contribution in [0.5, 0.6) is 0 Å². The largest absolute Gasteiger partial charge is 0.465 e. The summed E-state index contributed by atoms with van der Waals surface area (Å²) in [4.78, 5) is 18.3. The third-order valence-corrected chi connectivity index (χ3v) is 3.38. The highest BCUT2D eigenvalue weighted by molar-refractivity contribution is 5.71. The summed E-state index contributed by atoms with van der Waals surface area (Å²) < 4.78 is 7.05. The van der Waals surface area contributed by atoms with Crippen molar-refractivity contribution in [3.8, 4) is 0 Å². The second kappa shape index (κ2) is 6.72. The summed E-state index contributed by atoms with van der Waals surface area (Å²) in [6.07, 6.45) is 4.07. The number of carbonyl (C=O) groups is 1. The van der Waals surface area contributed by atoms with Crippen LogP contribution in [0.1, 0.15) is 32.0 Å². The van der Waals surface area contributed by atoms with Gasteiger partial charge in [0.2, 0.25) is 0 Å². The van der Waals surface area contributed by atoms with Crippen LogP contribution >= 0.6 is 0 Å². The topological polar surface area (TPSA) is 46.8 Å². The Kier molecular flexibility index (Phi) is 4.96. The van der Waals surface area contributed by atoms with Gasteiger partial charge in [-0.3, -0.25) is 9.69 Å². The third kappa shape index (κ3) is 4.04. The lowest BCUT2D eigenvalue weighted by atomic mass is 10.3. The molecule has 0 aliphatic rings. The number of hydrogen-bond acceptors (Lipinski definition) is 4. The van der Waals surface area contributed by atoms with Crippen LogP contribution in [0.25, 0.3) is 5.65 Å². The summed E-state index contributed by atoms with van der Waals surface area (Å²) in [6.45, 7) is 9.36. The lowest BCUT2D eigenvalue weighted by Crippen LogP contribution is -2.36. The van der Waals surface area contributed by atoms with E-state index in [1.807, 2.05) is 29.7 Å². The molecule has 0 unspecified atom stereocenters. The molecule has 0 saturated heterocycles. The molecule has 0 aromatic carbocycles. The zero-order valence-corrected chi connectivity index (χ0v) is 13.2. The second-order valence-corrected chi connectivity index (χ2v) is 5.51. The molecule has 0 atom stereocenters. The Morgan fingerprint density at radius 3 is 2.81 bits per heavy atom. The van der Waals surface area contributed by atoms with Crippen LogP contribution in [0, 0.1) is 6.92 Å². The van der Waals surface area contributed by atoms with Gasteiger partial charge in [-0.25, -0.2) is 4.98 Å². The zero-order valence-electron chi connectivity index (χ0n) is 13.2. The normalized spacial score (nSPS) is 11.5. The van der Waals surface area contributed by atoms with Crippen LogP contribution in [-0.4, -0.2) is 39.4 Å². The van der Waals surface area contributed by atoms with Gasteiger partial charge in [0, 0.05) is 25.0 Å². The number of aromatic nitrogens is 2. The first-order chi connectivity index (χ1) is 9.99. The Hall–Kier alpha value is -1.88. The van der Waals surface area contributed by atoms with Crippen molar-refractivity contribution in [2.75, 3.05) is 13.2 Å². The molecule has 2 aromatic heterocycles. The van der Waals surface area contributed by atoms with Gasteiger partial charge >= 0.3 is 5.97 Å². The molecule has 0 bridgehead atoms. The highest BCUT2D eigenvalue weighted by Crippen LogP contribution is 2.11. The highest BCUT2D eigenvalue weighted by Gasteiger charge is 2.16. The van der Waals surface area contributed by atoms with Gasteiger partial charge in [-0.2, -0.15) is 0 Å². The number of ether oxygens (including phenoxy) is 1. The first-order valence-corrected chi connectivity index (χ1v) is 7.33. The Labute approximate surface area is 125 Å². The Morgan fingerprint density at radius 1 is 1.38 bits per heavy atom. The van der Waals surface area contributed by atoms with Crippen molar-refractivity contribution in [2.45, 2.75) is 40.3 Å². The van der Waals surface area contributed by atoms with E-state index in [1.54, 1.807) is 0 Å². The van der Waals surface area contributed by atoms with Crippen molar-refractivity contribution in [3.05, 3.63) is 35.8 Å². The van der Waals surface area contributed by atoms with Gasteiger partial charge in [-0.1, -0.05) is 6.07 Å². The van der Waals surface area contributed by atoms with Crippen LogP contribution in [0.2, 0.25) is 0 Å². The summed E-state index contributed by atoms with van der Waals surface area (Å²) in [7, 11) is 0. The monoisotopic (exact) mass is 289 g/mol. The summed E-state index contributed by atoms with van der Waals surface area (Å²) in [5.74, 6) is -0.189. The molecule has 5 nitrogen and oxygen atoms in total. The predicted molar refractivity (Wildman–Crippen MR) is 82.1 cm³/mol. The minimum atomic E-state index is -0.189. The van der Waals surface area contributed by atoms with E-state index in [2.05, 4.69) is 36.9 Å². The van der Waals surface area contributed by atoms with Crippen LogP contribution in [0.4, 0.5) is 0 Å². The lowest BCUT2D eigenvalue weighted by molar-refractivity contribution is -0.145. The van der Waals surface area contributed by atoms with E-state index < -0.39 is 0 Å². The fraction of sp³-hybridized carbons (Fsp3) is 0.500. The van der Waals surface area contributed by atoms with E-state index in [0.29, 0.717) is 19.7 Å². The van der Waals surface area contributed by atoms with E-state index in [9.17, 15) is 4.79 Å². The molecular weight excluding hydrogens is 266 g/mol. The van der Waals surface area contributed by atoms with Crippen molar-refractivity contribution in [1.82, 2.24) is 14.3 Å². The van der Waals surface area contributed by atoms with Gasteiger partial charge < -0.3 is 9.14 Å². The quantitative estimate of drug-likeness (QED) is 0.766. The second-order valence-electron chi connectivity index (χ2n) is 5.51. The molecule has 2 aromatic rings. The highest BCUT2D eigenvalue weighted by atomic mass is 16.5. The van der Waals surface area contributed by atoms with E-state index >= 15 is 0 Å². The SMILES string of the molecule is CCOC(=O)CN(Cc1cn2cc(C)ccc2n1)C(C)C. The third-order valence-electron chi connectivity index (χ3n) is 3.38. The van der Waals surface area contributed by atoms with E-state index in [4.69, 9.17) is 4.74 Å². The smallest absolute Gasteiger partial charge is 0.320 e. The lowest BCUT2D eigenvalue weighted by Gasteiger charge is -2.24. The molecule has 21 heavy (non-hydrogen) atoms. The Morgan fingerprint density at radius 2 is 2.14 bits per heavy atom. The van der Waals surface area contributed by atoms with Crippen LogP contribution in [0.3, 0.4) is 0 Å². The fourth-order valence-corrected chi connectivity index (χ4v) is 2.23. The number of carbonyl (C=O) groups excluding carboxylic acids is 1. The zero-order chi connectivity index (χ0) is 15.4. The fourth-order valence-electron chi connectivity index (χ4n) is 2.23. The van der Waals surface area contributed by atoms with Gasteiger partial charge in [0.15, 0.2) is 0 Å². The van der Waals surface area contributed by atoms with Crippen molar-refractivity contribution in [3.63, 3.8) is 0 Å². The molecular formula is C16H23N3O2. The number of hydrogen-bond donors (Lipinski definition) is 0. The number of fused-ring (bicyclic) bond motifs is 1. The van der Waals surface area contributed by atoms with E-state index in [0.717, 1.165) is 11.3 Å². The molecule has 0 fully saturated rings. The predicted octanol–water partition coefficient (Wildman–Crippen LogP) is 2.42. The van der Waals surface area contributed by atoms with E-state index in [-0.39, 0.29) is 12.0 Å². The van der Waals surface area contributed by atoms with E-state index in [1.165, 1.54) is 5.56 Å². The summed E-state index contributed by atoms with van der Waals surface area (Å²) in [5, 5.41) is 0. The average Bonchev–Trinajstić information content (AvgIpc) is 2.79. The van der Waals surface area contributed by atoms with Crippen molar-refractivity contribution in [2.24, 2.45) is 0 Å². The summed E-state index contributed by atoms with van der Waals surface area (Å²) >= 11 is 0. The van der Waals surface area contributed by atoms with Crippen LogP contribution < -0.4 is 0 Å². The number of rotatable bonds is 6. The number of pyridine rings is 1. The number of imidazole rings is 1. The number of esters is 1. The summed E-state index contributed by atoms with van der Waals surface area (Å²) in [5.41, 5.74) is 3.08. The minimum Gasteiger partial charge on any atom is -0.465 e. The molecule has 0 radical (unpaired) electrons. The van der Waals surface area contributed by atoms with Gasteiger partial charge in [0.05, 0.1) is 18.8 Å². The molecule has 0 saturated carbocycles. The molecule has 0 aliphatic carbocycles. The van der Waals surface area contributed by atoms with Gasteiger partial charge in [0.25, 0.3) is 0 Å². The maximum absolute atomic E-state index is 11.7. The molecule has 0 spiro atoms. The Balaban J connectivity index is 2.12. The standard InChI is InChI=1S/C16H23N3O2/c1-5-21-16(20)11-18(12(2)3)9-14-10-19-8-13(4)6-7-15(19)17-14/h6-8,10,12H,5,9,11H2,1-4H3. The molecule has 5 heteroatoms. The molecule has 2 rings (SSSR count). The summed E-state index contributed by atoms with van der Waals surface area (Å²) in [6, 6.07) is 4.30. The van der Waals surface area contributed by atoms with Crippen molar-refractivity contribution in [1.29, 1.82) is 0 Å². The molecule has 2 heterocycles. The number of nitrogens with zero attached hydrogens (tertiary/aromatic N) is 3. The average molecular weight is 289 g/mol. The number of aryl methyl sites for hydroxylation is 1.